The van der Waals surface area contributed by atoms with Crippen molar-refractivity contribution in [3.05, 3.63) is 65.5 Å². The Kier molecular flexibility index (Phi) is 7.41. The second-order valence-corrected chi connectivity index (χ2v) is 7.80. The van der Waals surface area contributed by atoms with Gasteiger partial charge in [0.15, 0.2) is 0 Å². The van der Waals surface area contributed by atoms with Crippen LogP contribution in [0.5, 0.6) is 5.75 Å². The number of benzene rings is 1. The molecule has 1 N–H and O–H groups in total. The van der Waals surface area contributed by atoms with Crippen molar-refractivity contribution < 1.29 is 19.4 Å². The maximum Gasteiger partial charge on any atom is 0.295 e. The molecule has 1 aliphatic rings. The van der Waals surface area contributed by atoms with Gasteiger partial charge in [-0.1, -0.05) is 6.92 Å². The number of ether oxygens (including phenoxy) is 1. The number of amides is 1. The van der Waals surface area contributed by atoms with Crippen molar-refractivity contribution >= 4 is 17.4 Å². The van der Waals surface area contributed by atoms with Crippen molar-refractivity contribution in [3.8, 4) is 5.75 Å². The summed E-state index contributed by atoms with van der Waals surface area (Å²) >= 11 is 0. The Morgan fingerprint density at radius 1 is 1.13 bits per heavy atom. The molecule has 1 aliphatic heterocycles. The Labute approximate surface area is 183 Å². The van der Waals surface area contributed by atoms with Crippen LogP contribution in [0.4, 0.5) is 0 Å². The lowest BCUT2D eigenvalue weighted by Gasteiger charge is -2.25. The van der Waals surface area contributed by atoms with E-state index in [2.05, 4.69) is 4.98 Å². The summed E-state index contributed by atoms with van der Waals surface area (Å²) in [4.78, 5) is 33.4. The van der Waals surface area contributed by atoms with E-state index in [0.29, 0.717) is 30.9 Å². The quantitative estimate of drug-likeness (QED) is 0.379. The van der Waals surface area contributed by atoms with Gasteiger partial charge >= 0.3 is 0 Å². The zero-order chi connectivity index (χ0) is 22.4. The number of pyridine rings is 1. The summed E-state index contributed by atoms with van der Waals surface area (Å²) < 4.78 is 5.59. The summed E-state index contributed by atoms with van der Waals surface area (Å²) in [5.41, 5.74) is 1.31. The zero-order valence-corrected chi connectivity index (χ0v) is 18.2. The first-order valence-corrected chi connectivity index (χ1v) is 10.5. The maximum absolute atomic E-state index is 13.0. The fourth-order valence-corrected chi connectivity index (χ4v) is 3.64. The van der Waals surface area contributed by atoms with Crippen molar-refractivity contribution in [1.82, 2.24) is 14.8 Å². The van der Waals surface area contributed by atoms with E-state index in [9.17, 15) is 14.7 Å². The first-order chi connectivity index (χ1) is 14.9. The summed E-state index contributed by atoms with van der Waals surface area (Å²) in [6, 6.07) is 9.78. The molecule has 0 aliphatic carbocycles. The number of rotatable bonds is 9. The second-order valence-electron chi connectivity index (χ2n) is 7.80. The van der Waals surface area contributed by atoms with Crippen LogP contribution in [0.2, 0.25) is 0 Å². The van der Waals surface area contributed by atoms with Crippen molar-refractivity contribution in [3.63, 3.8) is 0 Å². The van der Waals surface area contributed by atoms with Gasteiger partial charge in [-0.15, -0.1) is 0 Å². The van der Waals surface area contributed by atoms with E-state index in [4.69, 9.17) is 4.74 Å². The van der Waals surface area contributed by atoms with Crippen LogP contribution in [-0.4, -0.2) is 65.4 Å². The van der Waals surface area contributed by atoms with Crippen LogP contribution in [0.3, 0.4) is 0 Å². The highest BCUT2D eigenvalue weighted by Crippen LogP contribution is 2.39. The van der Waals surface area contributed by atoms with E-state index in [0.717, 1.165) is 18.5 Å². The molecule has 0 spiro atoms. The lowest BCUT2D eigenvalue weighted by molar-refractivity contribution is -0.139. The Hall–Kier alpha value is -3.19. The summed E-state index contributed by atoms with van der Waals surface area (Å²) in [6.07, 6.45) is 4.85. The fourth-order valence-electron chi connectivity index (χ4n) is 3.64. The average Bonchev–Trinajstić information content (AvgIpc) is 3.03. The molecular weight excluding hydrogens is 394 g/mol. The lowest BCUT2D eigenvalue weighted by atomic mass is 9.96. The number of carbonyl (C=O) groups excluding carboxylic acids is 2. The van der Waals surface area contributed by atoms with Crippen molar-refractivity contribution in [2.75, 3.05) is 33.8 Å². The van der Waals surface area contributed by atoms with Crippen molar-refractivity contribution in [1.29, 1.82) is 0 Å². The van der Waals surface area contributed by atoms with Gasteiger partial charge in [-0.25, -0.2) is 0 Å². The van der Waals surface area contributed by atoms with Crippen molar-refractivity contribution in [2.24, 2.45) is 0 Å². The monoisotopic (exact) mass is 423 g/mol. The molecule has 0 saturated carbocycles. The highest BCUT2D eigenvalue weighted by Gasteiger charge is 2.45. The average molecular weight is 424 g/mol. The minimum Gasteiger partial charge on any atom is -0.507 e. The third kappa shape index (κ3) is 5.11. The van der Waals surface area contributed by atoms with E-state index >= 15 is 0 Å². The fraction of sp³-hybridized carbons (Fsp3) is 0.375. The second kappa shape index (κ2) is 10.2. The van der Waals surface area contributed by atoms with E-state index in [1.807, 2.05) is 25.9 Å². The van der Waals surface area contributed by atoms with Crippen LogP contribution >= 0.6 is 0 Å². The van der Waals surface area contributed by atoms with Gasteiger partial charge in [0, 0.05) is 24.5 Å². The Morgan fingerprint density at radius 2 is 1.81 bits per heavy atom. The number of hydrogen-bond donors (Lipinski definition) is 1. The molecular formula is C24H29N3O4. The third-order valence-corrected chi connectivity index (χ3v) is 5.17. The molecule has 1 amide bonds. The van der Waals surface area contributed by atoms with Crippen molar-refractivity contribution in [2.45, 2.75) is 25.8 Å². The topological polar surface area (TPSA) is 83.0 Å². The molecule has 7 nitrogen and oxygen atoms in total. The molecule has 31 heavy (non-hydrogen) atoms. The van der Waals surface area contributed by atoms with Gasteiger partial charge in [-0.3, -0.25) is 14.6 Å². The molecule has 1 aromatic carbocycles. The normalized spacial score (nSPS) is 18.1. The number of aliphatic hydroxyl groups is 1. The predicted octanol–water partition coefficient (Wildman–Crippen LogP) is 3.24. The Balaban J connectivity index is 1.99. The number of ketones is 1. The van der Waals surface area contributed by atoms with E-state index in [1.54, 1.807) is 53.7 Å². The minimum atomic E-state index is -0.671. The van der Waals surface area contributed by atoms with Crippen LogP contribution in [0.1, 0.15) is 36.9 Å². The number of hydrogen-bond acceptors (Lipinski definition) is 6. The summed E-state index contributed by atoms with van der Waals surface area (Å²) in [6.45, 7) is 3.82. The highest BCUT2D eigenvalue weighted by atomic mass is 16.5. The molecule has 1 atom stereocenters. The van der Waals surface area contributed by atoms with Gasteiger partial charge in [-0.05, 0) is 75.4 Å². The molecule has 0 unspecified atom stereocenters. The molecule has 1 fully saturated rings. The number of likely N-dealkylation sites (tertiary alicyclic amines) is 1. The molecule has 2 aromatic rings. The molecule has 1 saturated heterocycles. The first kappa shape index (κ1) is 22.5. The van der Waals surface area contributed by atoms with Crippen LogP contribution in [0, 0.1) is 0 Å². The van der Waals surface area contributed by atoms with E-state index < -0.39 is 17.7 Å². The van der Waals surface area contributed by atoms with Crippen LogP contribution in [-0.2, 0) is 9.59 Å². The first-order valence-electron chi connectivity index (χ1n) is 10.5. The van der Waals surface area contributed by atoms with Gasteiger partial charge < -0.3 is 19.6 Å². The number of aliphatic hydroxyl groups excluding tert-OH is 1. The Bertz CT molecular complexity index is 939. The lowest BCUT2D eigenvalue weighted by Crippen LogP contribution is -2.32. The van der Waals surface area contributed by atoms with E-state index in [-0.39, 0.29) is 11.3 Å². The number of nitrogens with zero attached hydrogens (tertiary/aromatic N) is 3. The summed E-state index contributed by atoms with van der Waals surface area (Å²) in [7, 11) is 3.92. The molecule has 3 rings (SSSR count). The van der Waals surface area contributed by atoms with Gasteiger partial charge in [0.1, 0.15) is 11.5 Å². The largest absolute Gasteiger partial charge is 0.507 e. The molecule has 7 heteroatoms. The highest BCUT2D eigenvalue weighted by molar-refractivity contribution is 6.46. The number of Topliss-reactive ketones (excluding diaryl/α,β-unsaturated/α-hetero) is 1. The predicted molar refractivity (Wildman–Crippen MR) is 119 cm³/mol. The van der Waals surface area contributed by atoms with E-state index in [1.165, 1.54) is 0 Å². The SMILES string of the molecule is CCCOc1ccc(C(O)=C2C(=O)C(=O)N(CCCN(C)C)[C@@H]2c2ccncc2)cc1. The van der Waals surface area contributed by atoms with Gasteiger partial charge in [0.25, 0.3) is 11.7 Å². The maximum atomic E-state index is 13.0. The van der Waals surface area contributed by atoms with Crippen LogP contribution in [0.25, 0.3) is 5.76 Å². The molecule has 0 bridgehead atoms. The zero-order valence-electron chi connectivity index (χ0n) is 18.2. The van der Waals surface area contributed by atoms with Gasteiger partial charge in [-0.2, -0.15) is 0 Å². The Morgan fingerprint density at radius 3 is 2.42 bits per heavy atom. The van der Waals surface area contributed by atoms with Gasteiger partial charge in [0.2, 0.25) is 0 Å². The molecule has 0 radical (unpaired) electrons. The number of aromatic nitrogens is 1. The molecule has 2 heterocycles. The standard InChI is InChI=1S/C24H29N3O4/c1-4-16-31-19-8-6-18(7-9-19)22(28)20-21(17-10-12-25-13-11-17)27(24(30)23(20)29)15-5-14-26(2)3/h6-13,21,28H,4-5,14-16H2,1-3H3/t21-/m1/s1. The summed E-state index contributed by atoms with van der Waals surface area (Å²) in [5, 5.41) is 11.1. The minimum absolute atomic E-state index is 0.100. The molecule has 1 aromatic heterocycles. The van der Waals surface area contributed by atoms with Crippen LogP contribution < -0.4 is 4.74 Å². The third-order valence-electron chi connectivity index (χ3n) is 5.17. The summed E-state index contributed by atoms with van der Waals surface area (Å²) in [5.74, 6) is -0.758. The van der Waals surface area contributed by atoms with Crippen LogP contribution in [0.15, 0.2) is 54.4 Å². The van der Waals surface area contributed by atoms with Gasteiger partial charge in [0.05, 0.1) is 18.2 Å². The smallest absolute Gasteiger partial charge is 0.295 e. The number of carbonyl (C=O) groups is 2. The molecule has 164 valence electrons.